The molecule has 0 N–H and O–H groups in total. The molecule has 2 aromatic rings. The Kier molecular flexibility index (Phi) is 2.69. The molecule has 3 heteroatoms. The van der Waals surface area contributed by atoms with Crippen molar-refractivity contribution in [3.05, 3.63) is 35.7 Å². The van der Waals surface area contributed by atoms with Crippen LogP contribution in [0.15, 0.2) is 24.3 Å². The molecule has 0 aliphatic carbocycles. The molecule has 1 aromatic heterocycles. The maximum atomic E-state index is 5.38. The lowest BCUT2D eigenvalue weighted by molar-refractivity contribution is 0.416. The first-order valence-electron chi connectivity index (χ1n) is 5.28. The minimum atomic E-state index is 0.890. The van der Waals surface area contributed by atoms with Gasteiger partial charge in [-0.05, 0) is 19.9 Å². The van der Waals surface area contributed by atoms with Crippen LogP contribution in [-0.2, 0) is 7.05 Å². The molecule has 0 atom stereocenters. The van der Waals surface area contributed by atoms with E-state index in [0.717, 1.165) is 22.7 Å². The van der Waals surface area contributed by atoms with Crippen molar-refractivity contribution in [2.24, 2.45) is 7.05 Å². The van der Waals surface area contributed by atoms with Crippen LogP contribution in [0, 0.1) is 13.8 Å². The van der Waals surface area contributed by atoms with E-state index in [4.69, 9.17) is 4.74 Å². The van der Waals surface area contributed by atoms with Gasteiger partial charge in [-0.25, -0.2) is 0 Å². The predicted molar refractivity (Wildman–Crippen MR) is 64.7 cm³/mol. The van der Waals surface area contributed by atoms with E-state index in [1.54, 1.807) is 7.11 Å². The number of hydrogen-bond donors (Lipinski definition) is 0. The van der Waals surface area contributed by atoms with E-state index < -0.39 is 0 Å². The third-order valence-corrected chi connectivity index (χ3v) is 2.89. The monoisotopic (exact) mass is 216 g/mol. The number of aryl methyl sites for hydroxylation is 2. The number of hydrogen-bond acceptors (Lipinski definition) is 2. The van der Waals surface area contributed by atoms with E-state index in [-0.39, 0.29) is 0 Å². The van der Waals surface area contributed by atoms with Crippen molar-refractivity contribution >= 4 is 0 Å². The number of methoxy groups -OCH3 is 1. The first-order chi connectivity index (χ1) is 7.65. The third-order valence-electron chi connectivity index (χ3n) is 2.89. The molecular weight excluding hydrogens is 200 g/mol. The Labute approximate surface area is 95.7 Å². The number of benzene rings is 1. The van der Waals surface area contributed by atoms with E-state index in [1.165, 1.54) is 5.56 Å². The zero-order valence-electron chi connectivity index (χ0n) is 10.1. The third kappa shape index (κ3) is 1.58. The van der Waals surface area contributed by atoms with Gasteiger partial charge < -0.3 is 4.74 Å². The molecule has 0 amide bonds. The summed E-state index contributed by atoms with van der Waals surface area (Å²) in [4.78, 5) is 0. The second-order valence-corrected chi connectivity index (χ2v) is 3.87. The van der Waals surface area contributed by atoms with Gasteiger partial charge in [0.25, 0.3) is 0 Å². The lowest BCUT2D eigenvalue weighted by atomic mass is 10.0. The molecule has 0 radical (unpaired) electrons. The lowest BCUT2D eigenvalue weighted by Gasteiger charge is -2.08. The van der Waals surface area contributed by atoms with Crippen LogP contribution >= 0.6 is 0 Å². The Morgan fingerprint density at radius 2 is 1.88 bits per heavy atom. The van der Waals surface area contributed by atoms with Crippen molar-refractivity contribution in [1.29, 1.82) is 0 Å². The molecule has 16 heavy (non-hydrogen) atoms. The maximum Gasteiger partial charge on any atom is 0.126 e. The zero-order chi connectivity index (χ0) is 11.7. The zero-order valence-corrected chi connectivity index (χ0v) is 10.1. The van der Waals surface area contributed by atoms with Crippen LogP contribution in [0.4, 0.5) is 0 Å². The second kappa shape index (κ2) is 4.00. The van der Waals surface area contributed by atoms with Crippen LogP contribution in [0.5, 0.6) is 5.75 Å². The van der Waals surface area contributed by atoms with Gasteiger partial charge in [-0.15, -0.1) is 0 Å². The normalized spacial score (nSPS) is 10.5. The SMILES string of the molecule is COc1ccccc1-c1c(C)nn(C)c1C. The molecule has 0 saturated carbocycles. The van der Waals surface area contributed by atoms with Gasteiger partial charge in [0, 0.05) is 23.9 Å². The van der Waals surface area contributed by atoms with Gasteiger partial charge in [-0.1, -0.05) is 18.2 Å². The smallest absolute Gasteiger partial charge is 0.126 e. The molecule has 84 valence electrons. The fourth-order valence-corrected chi connectivity index (χ4v) is 2.01. The minimum absolute atomic E-state index is 0.890. The Balaban J connectivity index is 2.67. The van der Waals surface area contributed by atoms with E-state index in [9.17, 15) is 0 Å². The Morgan fingerprint density at radius 3 is 2.44 bits per heavy atom. The highest BCUT2D eigenvalue weighted by Gasteiger charge is 2.14. The van der Waals surface area contributed by atoms with Crippen LogP contribution in [0.3, 0.4) is 0 Å². The van der Waals surface area contributed by atoms with Gasteiger partial charge in [0.15, 0.2) is 0 Å². The molecule has 0 spiro atoms. The molecule has 3 nitrogen and oxygen atoms in total. The molecular formula is C13H16N2O. The topological polar surface area (TPSA) is 27.1 Å². The summed E-state index contributed by atoms with van der Waals surface area (Å²) < 4.78 is 7.28. The van der Waals surface area contributed by atoms with Gasteiger partial charge in [0.05, 0.1) is 12.8 Å². The number of nitrogens with zero attached hydrogens (tertiary/aromatic N) is 2. The number of ether oxygens (including phenoxy) is 1. The molecule has 0 bridgehead atoms. The molecule has 0 aliphatic heterocycles. The van der Waals surface area contributed by atoms with Crippen LogP contribution in [0.25, 0.3) is 11.1 Å². The molecule has 1 heterocycles. The van der Waals surface area contributed by atoms with E-state index >= 15 is 0 Å². The standard InChI is InChI=1S/C13H16N2O/c1-9-13(10(2)15(3)14-9)11-7-5-6-8-12(11)16-4/h5-8H,1-4H3. The van der Waals surface area contributed by atoms with Gasteiger partial charge in [-0.3, -0.25) is 4.68 Å². The molecule has 0 fully saturated rings. The first kappa shape index (κ1) is 10.7. The summed E-state index contributed by atoms with van der Waals surface area (Å²) in [6.45, 7) is 4.09. The Bertz CT molecular complexity index is 515. The largest absolute Gasteiger partial charge is 0.496 e. The molecule has 0 aliphatic rings. The molecule has 0 unspecified atom stereocenters. The Morgan fingerprint density at radius 1 is 1.19 bits per heavy atom. The average Bonchev–Trinajstić information content (AvgIpc) is 2.53. The van der Waals surface area contributed by atoms with E-state index in [0.29, 0.717) is 0 Å². The summed E-state index contributed by atoms with van der Waals surface area (Å²) in [6, 6.07) is 8.03. The van der Waals surface area contributed by atoms with Gasteiger partial charge in [0.2, 0.25) is 0 Å². The summed E-state index contributed by atoms with van der Waals surface area (Å²) >= 11 is 0. The van der Waals surface area contributed by atoms with Gasteiger partial charge >= 0.3 is 0 Å². The summed E-state index contributed by atoms with van der Waals surface area (Å²) in [6.07, 6.45) is 0. The lowest BCUT2D eigenvalue weighted by Crippen LogP contribution is -1.93. The fourth-order valence-electron chi connectivity index (χ4n) is 2.01. The van der Waals surface area contributed by atoms with Crippen molar-refractivity contribution < 1.29 is 4.74 Å². The molecule has 0 saturated heterocycles. The van der Waals surface area contributed by atoms with Gasteiger partial charge in [-0.2, -0.15) is 5.10 Å². The summed E-state index contributed by atoms with van der Waals surface area (Å²) in [5.74, 6) is 0.890. The minimum Gasteiger partial charge on any atom is -0.496 e. The number of rotatable bonds is 2. The fraction of sp³-hybridized carbons (Fsp3) is 0.308. The van der Waals surface area contributed by atoms with Crippen molar-refractivity contribution in [2.45, 2.75) is 13.8 Å². The first-order valence-corrected chi connectivity index (χ1v) is 5.28. The van der Waals surface area contributed by atoms with Crippen molar-refractivity contribution in [2.75, 3.05) is 7.11 Å². The molecule has 1 aromatic carbocycles. The highest BCUT2D eigenvalue weighted by Crippen LogP contribution is 2.33. The number of para-hydroxylation sites is 1. The Hall–Kier alpha value is -1.77. The summed E-state index contributed by atoms with van der Waals surface area (Å²) in [5.41, 5.74) is 4.46. The molecule has 2 rings (SSSR count). The summed E-state index contributed by atoms with van der Waals surface area (Å²) in [5, 5.41) is 4.42. The quantitative estimate of drug-likeness (QED) is 0.771. The van der Waals surface area contributed by atoms with Crippen LogP contribution in [-0.4, -0.2) is 16.9 Å². The maximum absolute atomic E-state index is 5.38. The highest BCUT2D eigenvalue weighted by atomic mass is 16.5. The van der Waals surface area contributed by atoms with Gasteiger partial charge in [0.1, 0.15) is 5.75 Å². The summed E-state index contributed by atoms with van der Waals surface area (Å²) in [7, 11) is 3.65. The highest BCUT2D eigenvalue weighted by molar-refractivity contribution is 5.74. The van der Waals surface area contributed by atoms with Crippen molar-refractivity contribution in [3.8, 4) is 16.9 Å². The van der Waals surface area contributed by atoms with Crippen molar-refractivity contribution in [3.63, 3.8) is 0 Å². The predicted octanol–water partition coefficient (Wildman–Crippen LogP) is 2.71. The second-order valence-electron chi connectivity index (χ2n) is 3.87. The average molecular weight is 216 g/mol. The van der Waals surface area contributed by atoms with Crippen LogP contribution < -0.4 is 4.74 Å². The van der Waals surface area contributed by atoms with E-state index in [2.05, 4.69) is 18.1 Å². The van der Waals surface area contributed by atoms with E-state index in [1.807, 2.05) is 36.9 Å². The van der Waals surface area contributed by atoms with Crippen LogP contribution in [0.1, 0.15) is 11.4 Å². The van der Waals surface area contributed by atoms with Crippen LogP contribution in [0.2, 0.25) is 0 Å². The number of aromatic nitrogens is 2. The van der Waals surface area contributed by atoms with Crippen molar-refractivity contribution in [1.82, 2.24) is 9.78 Å².